The van der Waals surface area contributed by atoms with E-state index in [1.807, 2.05) is 0 Å². The van der Waals surface area contributed by atoms with Gasteiger partial charge in [0.1, 0.15) is 0 Å². The number of likely N-dealkylation sites (N-methyl/N-ethyl adjacent to an activating group) is 1. The third-order valence-electron chi connectivity index (χ3n) is 2.68. The zero-order chi connectivity index (χ0) is 14.6. The standard InChI is InChI=1S/C14H19NO3S/c1-5-14(16)12-7-6-8-13(9-12)19(17,18)15(4)10-11(2)3/h6-9H,2,5,10H2,1,3-4H3. The number of nitrogens with zero attached hydrogens (tertiary/aromatic N) is 1. The molecule has 0 fully saturated rings. The van der Waals surface area contributed by atoms with Crippen LogP contribution in [0.4, 0.5) is 0 Å². The van der Waals surface area contributed by atoms with Crippen LogP contribution in [0.1, 0.15) is 30.6 Å². The van der Waals surface area contributed by atoms with Crippen LogP contribution in [0.2, 0.25) is 0 Å². The van der Waals surface area contributed by atoms with Gasteiger partial charge in [-0.15, -0.1) is 0 Å². The summed E-state index contributed by atoms with van der Waals surface area (Å²) >= 11 is 0. The van der Waals surface area contributed by atoms with E-state index in [2.05, 4.69) is 6.58 Å². The van der Waals surface area contributed by atoms with Crippen LogP contribution in [-0.2, 0) is 10.0 Å². The fourth-order valence-electron chi connectivity index (χ4n) is 1.68. The second-order valence-corrected chi connectivity index (χ2v) is 6.57. The predicted octanol–water partition coefficient (Wildman–Crippen LogP) is 2.48. The number of rotatable bonds is 6. The summed E-state index contributed by atoms with van der Waals surface area (Å²) < 4.78 is 25.8. The first kappa shape index (κ1) is 15.6. The van der Waals surface area contributed by atoms with Gasteiger partial charge in [0.05, 0.1) is 4.90 Å². The number of Topliss-reactive ketones (excluding diaryl/α,β-unsaturated/α-hetero) is 1. The highest BCUT2D eigenvalue weighted by molar-refractivity contribution is 7.89. The molecule has 0 aliphatic heterocycles. The molecular weight excluding hydrogens is 262 g/mol. The molecule has 104 valence electrons. The first-order valence-corrected chi connectivity index (χ1v) is 7.47. The molecule has 0 bridgehead atoms. The molecule has 0 aliphatic rings. The van der Waals surface area contributed by atoms with E-state index in [1.54, 1.807) is 26.0 Å². The van der Waals surface area contributed by atoms with Crippen LogP contribution in [0.5, 0.6) is 0 Å². The van der Waals surface area contributed by atoms with Gasteiger partial charge in [0.2, 0.25) is 10.0 Å². The second-order valence-electron chi connectivity index (χ2n) is 4.52. The summed E-state index contributed by atoms with van der Waals surface area (Å²) in [5, 5.41) is 0. The Balaban J connectivity index is 3.15. The Kier molecular flexibility index (Phi) is 5.03. The summed E-state index contributed by atoms with van der Waals surface area (Å²) in [6.45, 7) is 7.47. The minimum Gasteiger partial charge on any atom is -0.294 e. The van der Waals surface area contributed by atoms with Crippen molar-refractivity contribution >= 4 is 15.8 Å². The first-order valence-electron chi connectivity index (χ1n) is 6.03. The van der Waals surface area contributed by atoms with E-state index < -0.39 is 10.0 Å². The first-order chi connectivity index (χ1) is 8.78. The van der Waals surface area contributed by atoms with Crippen molar-refractivity contribution in [2.75, 3.05) is 13.6 Å². The van der Waals surface area contributed by atoms with E-state index in [0.29, 0.717) is 12.0 Å². The summed E-state index contributed by atoms with van der Waals surface area (Å²) in [5.41, 5.74) is 1.18. The van der Waals surface area contributed by atoms with E-state index in [1.165, 1.54) is 23.5 Å². The molecule has 1 aromatic rings. The van der Waals surface area contributed by atoms with Crippen molar-refractivity contribution in [1.82, 2.24) is 4.31 Å². The highest BCUT2D eigenvalue weighted by Crippen LogP contribution is 2.17. The molecule has 0 spiro atoms. The van der Waals surface area contributed by atoms with Crippen LogP contribution >= 0.6 is 0 Å². The van der Waals surface area contributed by atoms with Crippen LogP contribution in [-0.4, -0.2) is 32.1 Å². The molecule has 5 heteroatoms. The normalized spacial score (nSPS) is 11.6. The van der Waals surface area contributed by atoms with Gasteiger partial charge < -0.3 is 0 Å². The Labute approximate surface area is 114 Å². The fourth-order valence-corrected chi connectivity index (χ4v) is 2.96. The van der Waals surface area contributed by atoms with Gasteiger partial charge in [-0.3, -0.25) is 4.79 Å². The Morgan fingerprint density at radius 2 is 2.00 bits per heavy atom. The molecule has 0 atom stereocenters. The molecule has 0 amide bonds. The summed E-state index contributed by atoms with van der Waals surface area (Å²) in [6, 6.07) is 6.14. The number of carbonyl (C=O) groups is 1. The molecule has 0 aromatic heterocycles. The Morgan fingerprint density at radius 3 is 2.53 bits per heavy atom. The van der Waals surface area contributed by atoms with Gasteiger partial charge >= 0.3 is 0 Å². The molecule has 0 N–H and O–H groups in total. The minimum atomic E-state index is -3.58. The van der Waals surface area contributed by atoms with Gasteiger partial charge in [0.25, 0.3) is 0 Å². The van der Waals surface area contributed by atoms with Crippen molar-refractivity contribution < 1.29 is 13.2 Å². The molecule has 4 nitrogen and oxygen atoms in total. The monoisotopic (exact) mass is 281 g/mol. The number of carbonyl (C=O) groups excluding carboxylic acids is 1. The molecule has 1 rings (SSSR count). The maximum absolute atomic E-state index is 12.3. The molecule has 0 heterocycles. The number of hydrogen-bond acceptors (Lipinski definition) is 3. The zero-order valence-corrected chi connectivity index (χ0v) is 12.3. The van der Waals surface area contributed by atoms with Gasteiger partial charge in [-0.25, -0.2) is 8.42 Å². The predicted molar refractivity (Wildman–Crippen MR) is 75.7 cm³/mol. The van der Waals surface area contributed by atoms with Crippen LogP contribution in [0.15, 0.2) is 41.3 Å². The van der Waals surface area contributed by atoms with E-state index in [4.69, 9.17) is 0 Å². The van der Waals surface area contributed by atoms with Crippen molar-refractivity contribution in [1.29, 1.82) is 0 Å². The van der Waals surface area contributed by atoms with E-state index in [9.17, 15) is 13.2 Å². The number of hydrogen-bond donors (Lipinski definition) is 0. The van der Waals surface area contributed by atoms with E-state index in [-0.39, 0.29) is 17.2 Å². The molecule has 0 radical (unpaired) electrons. The third-order valence-corrected chi connectivity index (χ3v) is 4.48. The highest BCUT2D eigenvalue weighted by Gasteiger charge is 2.21. The zero-order valence-electron chi connectivity index (χ0n) is 11.5. The van der Waals surface area contributed by atoms with Crippen molar-refractivity contribution in [3.63, 3.8) is 0 Å². The van der Waals surface area contributed by atoms with Gasteiger partial charge in [0.15, 0.2) is 5.78 Å². The Morgan fingerprint density at radius 1 is 1.37 bits per heavy atom. The quantitative estimate of drug-likeness (QED) is 0.594. The molecule has 1 aromatic carbocycles. The molecule has 0 saturated carbocycles. The maximum atomic E-state index is 12.3. The van der Waals surface area contributed by atoms with Crippen molar-refractivity contribution in [3.8, 4) is 0 Å². The van der Waals surface area contributed by atoms with Crippen LogP contribution in [0.25, 0.3) is 0 Å². The summed E-state index contributed by atoms with van der Waals surface area (Å²) in [4.78, 5) is 11.8. The summed E-state index contributed by atoms with van der Waals surface area (Å²) in [7, 11) is -2.08. The SMILES string of the molecule is C=C(C)CN(C)S(=O)(=O)c1cccc(C(=O)CC)c1. The average Bonchev–Trinajstić information content (AvgIpc) is 2.37. The van der Waals surface area contributed by atoms with E-state index >= 15 is 0 Å². The summed E-state index contributed by atoms with van der Waals surface area (Å²) in [5.74, 6) is -0.0698. The lowest BCUT2D eigenvalue weighted by atomic mass is 10.1. The van der Waals surface area contributed by atoms with Gasteiger partial charge in [-0.1, -0.05) is 31.2 Å². The van der Waals surface area contributed by atoms with Gasteiger partial charge in [0, 0.05) is 25.6 Å². The highest BCUT2D eigenvalue weighted by atomic mass is 32.2. The lowest BCUT2D eigenvalue weighted by molar-refractivity contribution is 0.0988. The average molecular weight is 281 g/mol. The number of ketones is 1. The molecule has 0 unspecified atom stereocenters. The van der Waals surface area contributed by atoms with E-state index in [0.717, 1.165) is 5.57 Å². The number of sulfonamides is 1. The van der Waals surface area contributed by atoms with Gasteiger partial charge in [-0.2, -0.15) is 4.31 Å². The minimum absolute atomic E-state index is 0.0698. The summed E-state index contributed by atoms with van der Waals surface area (Å²) in [6.07, 6.45) is 0.352. The lowest BCUT2D eigenvalue weighted by Crippen LogP contribution is -2.28. The lowest BCUT2D eigenvalue weighted by Gasteiger charge is -2.17. The molecule has 0 saturated heterocycles. The fraction of sp³-hybridized carbons (Fsp3) is 0.357. The van der Waals surface area contributed by atoms with Crippen molar-refractivity contribution in [2.24, 2.45) is 0 Å². The third kappa shape index (κ3) is 3.75. The van der Waals surface area contributed by atoms with Crippen LogP contribution in [0, 0.1) is 0 Å². The Hall–Kier alpha value is -1.46. The molecule has 0 aliphatic carbocycles. The largest absolute Gasteiger partial charge is 0.294 e. The number of benzene rings is 1. The Bertz CT molecular complexity index is 590. The van der Waals surface area contributed by atoms with Crippen LogP contribution < -0.4 is 0 Å². The maximum Gasteiger partial charge on any atom is 0.243 e. The van der Waals surface area contributed by atoms with Gasteiger partial charge in [-0.05, 0) is 19.1 Å². The second kappa shape index (κ2) is 6.12. The molecular formula is C14H19NO3S. The molecule has 19 heavy (non-hydrogen) atoms. The smallest absolute Gasteiger partial charge is 0.243 e. The van der Waals surface area contributed by atoms with Crippen molar-refractivity contribution in [2.45, 2.75) is 25.2 Å². The topological polar surface area (TPSA) is 54.5 Å². The van der Waals surface area contributed by atoms with Crippen molar-refractivity contribution in [3.05, 3.63) is 42.0 Å². The van der Waals surface area contributed by atoms with Crippen LogP contribution in [0.3, 0.4) is 0 Å².